The Morgan fingerprint density at radius 3 is 2.56 bits per heavy atom. The van der Waals surface area contributed by atoms with Gasteiger partial charge in [-0.25, -0.2) is 4.39 Å². The Balaban J connectivity index is 1.39. The summed E-state index contributed by atoms with van der Waals surface area (Å²) in [6.45, 7) is 0. The predicted octanol–water partition coefficient (Wildman–Crippen LogP) is 5.86. The van der Waals surface area contributed by atoms with Crippen LogP contribution in [0.25, 0.3) is 11.1 Å². The van der Waals surface area contributed by atoms with E-state index in [4.69, 9.17) is 0 Å². The van der Waals surface area contributed by atoms with Crippen LogP contribution in [0.2, 0.25) is 0 Å². The zero-order chi connectivity index (χ0) is 22.1. The van der Waals surface area contributed by atoms with Gasteiger partial charge in [-0.2, -0.15) is 0 Å². The summed E-state index contributed by atoms with van der Waals surface area (Å²) in [4.78, 5) is 30.9. The Kier molecular flexibility index (Phi) is 5.17. The number of anilines is 2. The van der Waals surface area contributed by atoms with Crippen molar-refractivity contribution in [1.82, 2.24) is 4.98 Å². The van der Waals surface area contributed by atoms with Crippen molar-refractivity contribution in [3.8, 4) is 11.1 Å². The van der Waals surface area contributed by atoms with Gasteiger partial charge in [-0.1, -0.05) is 23.9 Å². The van der Waals surface area contributed by atoms with Gasteiger partial charge < -0.3 is 10.6 Å². The van der Waals surface area contributed by atoms with Gasteiger partial charge in [-0.05, 0) is 71.8 Å². The predicted molar refractivity (Wildman–Crippen MR) is 123 cm³/mol. The van der Waals surface area contributed by atoms with Gasteiger partial charge in [0.25, 0.3) is 11.8 Å². The van der Waals surface area contributed by atoms with E-state index < -0.39 is 11.7 Å². The number of amides is 2. The molecule has 2 heterocycles. The maximum Gasteiger partial charge on any atom is 0.256 e. The number of carbonyl (C=O) groups is 2. The average molecular weight is 441 g/mol. The van der Waals surface area contributed by atoms with Crippen LogP contribution >= 0.6 is 11.8 Å². The summed E-state index contributed by atoms with van der Waals surface area (Å²) < 4.78 is 13.6. The molecule has 0 unspecified atom stereocenters. The van der Waals surface area contributed by atoms with Crippen LogP contribution in [0, 0.1) is 5.82 Å². The average Bonchev–Trinajstić information content (AvgIpc) is 2.95. The highest BCUT2D eigenvalue weighted by molar-refractivity contribution is 7.99. The second kappa shape index (κ2) is 8.28. The minimum atomic E-state index is -0.473. The molecule has 2 amide bonds. The molecule has 0 atom stereocenters. The number of nitrogens with one attached hydrogen (secondary N) is 2. The molecule has 4 aromatic rings. The lowest BCUT2D eigenvalue weighted by molar-refractivity contribution is 0.101. The number of halogens is 1. The highest BCUT2D eigenvalue weighted by atomic mass is 32.2. The first-order valence-electron chi connectivity index (χ1n) is 9.81. The number of rotatable bonds is 3. The van der Waals surface area contributed by atoms with E-state index in [0.717, 1.165) is 16.0 Å². The van der Waals surface area contributed by atoms with Gasteiger partial charge in [0.05, 0.1) is 11.3 Å². The van der Waals surface area contributed by atoms with Crippen molar-refractivity contribution in [2.24, 2.45) is 0 Å². The summed E-state index contributed by atoms with van der Waals surface area (Å²) >= 11 is 1.35. The summed E-state index contributed by atoms with van der Waals surface area (Å²) in [5, 5.41) is 5.69. The molecule has 1 aliphatic heterocycles. The fourth-order valence-corrected chi connectivity index (χ4v) is 4.45. The van der Waals surface area contributed by atoms with Crippen LogP contribution in [-0.4, -0.2) is 16.8 Å². The van der Waals surface area contributed by atoms with Crippen LogP contribution in [0.4, 0.5) is 15.8 Å². The first-order chi connectivity index (χ1) is 15.6. The van der Waals surface area contributed by atoms with Gasteiger partial charge in [0, 0.05) is 33.4 Å². The molecule has 5 nitrogen and oxygen atoms in total. The van der Waals surface area contributed by atoms with Crippen molar-refractivity contribution in [2.75, 3.05) is 10.6 Å². The first-order valence-corrected chi connectivity index (χ1v) is 10.6. The molecule has 2 N–H and O–H groups in total. The SMILES string of the molecule is O=C(Nc1cccc(-c2ccncc2)c1)c1ccc2c(c1)NC(=O)c1cc(F)ccc1S2. The van der Waals surface area contributed by atoms with Crippen LogP contribution in [0.15, 0.2) is 95.0 Å². The van der Waals surface area contributed by atoms with Crippen LogP contribution in [0.1, 0.15) is 20.7 Å². The number of carbonyl (C=O) groups excluding carboxylic acids is 2. The van der Waals surface area contributed by atoms with Crippen molar-refractivity contribution in [3.63, 3.8) is 0 Å². The molecule has 7 heteroatoms. The Labute approximate surface area is 187 Å². The van der Waals surface area contributed by atoms with E-state index in [9.17, 15) is 14.0 Å². The highest BCUT2D eigenvalue weighted by Gasteiger charge is 2.21. The Morgan fingerprint density at radius 2 is 1.72 bits per heavy atom. The maximum absolute atomic E-state index is 13.6. The molecule has 1 aromatic heterocycles. The molecular weight excluding hydrogens is 425 g/mol. The van der Waals surface area contributed by atoms with E-state index in [1.165, 1.54) is 23.9 Å². The maximum atomic E-state index is 13.6. The number of fused-ring (bicyclic) bond motifs is 2. The molecule has 0 bridgehead atoms. The van der Waals surface area contributed by atoms with E-state index in [2.05, 4.69) is 15.6 Å². The standard InChI is InChI=1S/C25H16FN3O2S/c26-18-5-7-22-20(14-18)25(31)29-21-13-17(4-6-23(21)32-22)24(30)28-19-3-1-2-16(12-19)15-8-10-27-11-9-15/h1-14H,(H,28,30)(H,29,31). The molecule has 0 saturated heterocycles. The van der Waals surface area contributed by atoms with Gasteiger partial charge in [0.2, 0.25) is 0 Å². The zero-order valence-corrected chi connectivity index (χ0v) is 17.4. The summed E-state index contributed by atoms with van der Waals surface area (Å²) in [5.41, 5.74) is 3.79. The van der Waals surface area contributed by atoms with E-state index in [0.29, 0.717) is 21.8 Å². The van der Waals surface area contributed by atoms with E-state index in [1.807, 2.05) is 36.4 Å². The van der Waals surface area contributed by atoms with Gasteiger partial charge in [0.1, 0.15) is 5.82 Å². The monoisotopic (exact) mass is 441 g/mol. The molecule has 3 aromatic carbocycles. The fourth-order valence-electron chi connectivity index (χ4n) is 3.46. The van der Waals surface area contributed by atoms with Gasteiger partial charge >= 0.3 is 0 Å². The number of hydrogen-bond acceptors (Lipinski definition) is 4. The van der Waals surface area contributed by atoms with Crippen molar-refractivity contribution in [1.29, 1.82) is 0 Å². The fraction of sp³-hybridized carbons (Fsp3) is 0. The van der Waals surface area contributed by atoms with Gasteiger partial charge in [-0.15, -0.1) is 0 Å². The third-order valence-corrected chi connectivity index (χ3v) is 6.18. The Hall–Kier alpha value is -3.97. The summed E-state index contributed by atoms with van der Waals surface area (Å²) in [6.07, 6.45) is 3.44. The van der Waals surface area contributed by atoms with Crippen molar-refractivity contribution in [2.45, 2.75) is 9.79 Å². The molecule has 0 fully saturated rings. The molecule has 0 radical (unpaired) electrons. The lowest BCUT2D eigenvalue weighted by atomic mass is 10.1. The molecule has 0 saturated carbocycles. The summed E-state index contributed by atoms with van der Waals surface area (Å²) in [5.74, 6) is -1.18. The van der Waals surface area contributed by atoms with Crippen molar-refractivity contribution >= 4 is 35.0 Å². The number of nitrogens with zero attached hydrogens (tertiary/aromatic N) is 1. The smallest absolute Gasteiger partial charge is 0.256 e. The van der Waals surface area contributed by atoms with E-state index >= 15 is 0 Å². The summed E-state index contributed by atoms with van der Waals surface area (Å²) in [6, 6.07) is 20.6. The van der Waals surface area contributed by atoms with Crippen LogP contribution in [0.5, 0.6) is 0 Å². The number of hydrogen-bond donors (Lipinski definition) is 2. The quantitative estimate of drug-likeness (QED) is 0.418. The van der Waals surface area contributed by atoms with Crippen LogP contribution in [0.3, 0.4) is 0 Å². The molecule has 1 aliphatic rings. The normalized spacial score (nSPS) is 12.2. The number of aromatic nitrogens is 1. The second-order valence-electron chi connectivity index (χ2n) is 7.18. The zero-order valence-electron chi connectivity index (χ0n) is 16.6. The van der Waals surface area contributed by atoms with Crippen LogP contribution in [-0.2, 0) is 0 Å². The largest absolute Gasteiger partial charge is 0.322 e. The first kappa shape index (κ1) is 20.0. The minimum absolute atomic E-state index is 0.269. The Bertz CT molecular complexity index is 1360. The second-order valence-corrected chi connectivity index (χ2v) is 8.26. The third kappa shape index (κ3) is 3.98. The molecular formula is C25H16FN3O2S. The van der Waals surface area contributed by atoms with Crippen molar-refractivity contribution < 1.29 is 14.0 Å². The molecule has 0 spiro atoms. The lowest BCUT2D eigenvalue weighted by Gasteiger charge is -2.11. The lowest BCUT2D eigenvalue weighted by Crippen LogP contribution is -2.14. The third-order valence-electron chi connectivity index (χ3n) is 5.03. The number of pyridine rings is 1. The van der Waals surface area contributed by atoms with Gasteiger partial charge in [0.15, 0.2) is 0 Å². The topological polar surface area (TPSA) is 71.1 Å². The van der Waals surface area contributed by atoms with Crippen molar-refractivity contribution in [3.05, 3.63) is 102 Å². The molecule has 156 valence electrons. The number of benzene rings is 3. The molecule has 32 heavy (non-hydrogen) atoms. The molecule has 5 rings (SSSR count). The van der Waals surface area contributed by atoms with Gasteiger partial charge in [-0.3, -0.25) is 14.6 Å². The molecule has 0 aliphatic carbocycles. The Morgan fingerprint density at radius 1 is 0.906 bits per heavy atom. The van der Waals surface area contributed by atoms with E-state index in [-0.39, 0.29) is 11.5 Å². The van der Waals surface area contributed by atoms with E-state index in [1.54, 1.807) is 36.7 Å². The van der Waals surface area contributed by atoms with Crippen LogP contribution < -0.4 is 10.6 Å². The minimum Gasteiger partial charge on any atom is -0.322 e. The highest BCUT2D eigenvalue weighted by Crippen LogP contribution is 2.39. The summed E-state index contributed by atoms with van der Waals surface area (Å²) in [7, 11) is 0.